The molecule has 0 bridgehead atoms. The molecule has 0 saturated heterocycles. The van der Waals surface area contributed by atoms with Gasteiger partial charge in [-0.3, -0.25) is 4.79 Å². The summed E-state index contributed by atoms with van der Waals surface area (Å²) in [6.07, 6.45) is 4.39. The number of benzene rings is 4. The molecular weight excluding hydrogens is 572 g/mol. The molecule has 1 aliphatic rings. The number of carbonyl (C=O) groups excluding carboxylic acids is 2. The highest BCUT2D eigenvalue weighted by atomic mass is 32.2. The maximum atomic E-state index is 13.1. The molecule has 1 fully saturated rings. The average Bonchev–Trinajstić information content (AvgIpc) is 3.92. The Kier molecular flexibility index (Phi) is 11.7. The van der Waals surface area contributed by atoms with Gasteiger partial charge in [-0.25, -0.2) is 13.1 Å². The molecule has 1 unspecified atom stereocenters. The highest BCUT2D eigenvalue weighted by Gasteiger charge is 2.28. The number of hydrogen-bond acceptors (Lipinski definition) is 6. The van der Waals surface area contributed by atoms with Crippen LogP contribution in [-0.2, 0) is 21.2 Å². The zero-order chi connectivity index (χ0) is 31.4. The van der Waals surface area contributed by atoms with Gasteiger partial charge in [0.1, 0.15) is 6.29 Å². The minimum atomic E-state index is -3.25. The Labute approximate surface area is 260 Å². The maximum Gasteiger partial charge on any atom is 0.251 e. The smallest absolute Gasteiger partial charge is 0.251 e. The lowest BCUT2D eigenvalue weighted by molar-refractivity contribution is -0.108. The third-order valence-electron chi connectivity index (χ3n) is 7.47. The van der Waals surface area contributed by atoms with E-state index < -0.39 is 10.0 Å². The number of amides is 1. The fraction of sp³-hybridized carbons (Fsp3) is 0.257. The van der Waals surface area contributed by atoms with E-state index in [9.17, 15) is 18.0 Å². The van der Waals surface area contributed by atoms with E-state index in [2.05, 4.69) is 51.6 Å². The maximum absolute atomic E-state index is 13.1. The number of sulfonamides is 1. The van der Waals surface area contributed by atoms with Crippen LogP contribution in [0.25, 0.3) is 0 Å². The van der Waals surface area contributed by atoms with Crippen LogP contribution in [0.15, 0.2) is 114 Å². The van der Waals surface area contributed by atoms with E-state index in [1.54, 1.807) is 30.3 Å². The second kappa shape index (κ2) is 15.8. The summed E-state index contributed by atoms with van der Waals surface area (Å²) in [6.45, 7) is 0.776. The van der Waals surface area contributed by atoms with E-state index in [0.29, 0.717) is 16.5 Å². The van der Waals surface area contributed by atoms with Crippen LogP contribution in [0.4, 0.5) is 11.4 Å². The van der Waals surface area contributed by atoms with E-state index >= 15 is 0 Å². The normalized spacial score (nSPS) is 13.1. The van der Waals surface area contributed by atoms with Gasteiger partial charge in [-0.05, 0) is 67.8 Å². The molecule has 0 aromatic heterocycles. The summed E-state index contributed by atoms with van der Waals surface area (Å²) in [6, 6.07) is 34.3. The molecule has 0 spiro atoms. The minimum absolute atomic E-state index is 0.183. The Hall–Kier alpha value is -4.47. The molecule has 1 aliphatic carbocycles. The van der Waals surface area contributed by atoms with E-state index in [4.69, 9.17) is 0 Å². The third-order valence-corrected chi connectivity index (χ3v) is 8.90. The van der Waals surface area contributed by atoms with Crippen molar-refractivity contribution in [2.75, 3.05) is 30.9 Å². The minimum Gasteiger partial charge on any atom is -0.383 e. The quantitative estimate of drug-likeness (QED) is 0.170. The van der Waals surface area contributed by atoms with Gasteiger partial charge in [0.2, 0.25) is 10.0 Å². The highest BCUT2D eigenvalue weighted by molar-refractivity contribution is 7.89. The van der Waals surface area contributed by atoms with Gasteiger partial charge in [-0.1, -0.05) is 78.9 Å². The van der Waals surface area contributed by atoms with Crippen molar-refractivity contribution < 1.29 is 18.0 Å². The molecule has 8 nitrogen and oxygen atoms in total. The van der Waals surface area contributed by atoms with Gasteiger partial charge in [0, 0.05) is 31.6 Å². The number of carbonyl (C=O) groups is 2. The summed E-state index contributed by atoms with van der Waals surface area (Å²) in [5.74, 6) is -0.183. The van der Waals surface area contributed by atoms with Crippen molar-refractivity contribution in [3.05, 3.63) is 126 Å². The second-order valence-electron chi connectivity index (χ2n) is 10.6. The molecule has 0 aliphatic heterocycles. The van der Waals surface area contributed by atoms with Crippen molar-refractivity contribution >= 4 is 33.6 Å². The van der Waals surface area contributed by atoms with Crippen LogP contribution in [0.3, 0.4) is 0 Å². The Bertz CT molecular complexity index is 1600. The van der Waals surface area contributed by atoms with Crippen LogP contribution in [0, 0.1) is 0 Å². The first-order valence-electron chi connectivity index (χ1n) is 14.7. The zero-order valence-corrected chi connectivity index (χ0v) is 26.0. The zero-order valence-electron chi connectivity index (χ0n) is 25.1. The first-order valence-corrected chi connectivity index (χ1v) is 16.2. The number of nitrogens with zero attached hydrogens (tertiary/aromatic N) is 1. The molecule has 1 amide bonds. The predicted octanol–water partition coefficient (Wildman–Crippen LogP) is 5.59. The van der Waals surface area contributed by atoms with Crippen molar-refractivity contribution in [1.82, 2.24) is 10.0 Å². The third kappa shape index (κ3) is 9.26. The lowest BCUT2D eigenvalue weighted by Gasteiger charge is -2.24. The van der Waals surface area contributed by atoms with E-state index in [0.717, 1.165) is 36.2 Å². The van der Waals surface area contributed by atoms with Gasteiger partial charge in [0.15, 0.2) is 0 Å². The van der Waals surface area contributed by atoms with Crippen LogP contribution >= 0.6 is 0 Å². The monoisotopic (exact) mass is 612 g/mol. The predicted molar refractivity (Wildman–Crippen MR) is 177 cm³/mol. The van der Waals surface area contributed by atoms with Gasteiger partial charge in [0.25, 0.3) is 5.91 Å². The molecule has 44 heavy (non-hydrogen) atoms. The number of aldehydes is 1. The van der Waals surface area contributed by atoms with Crippen molar-refractivity contribution in [2.45, 2.75) is 42.7 Å². The first-order chi connectivity index (χ1) is 21.3. The van der Waals surface area contributed by atoms with Crippen molar-refractivity contribution in [2.24, 2.45) is 0 Å². The van der Waals surface area contributed by atoms with E-state index in [1.807, 2.05) is 54.6 Å². The van der Waals surface area contributed by atoms with Crippen molar-refractivity contribution in [3.63, 3.8) is 0 Å². The molecule has 4 aromatic rings. The summed E-state index contributed by atoms with van der Waals surface area (Å²) in [5, 5.41) is 6.58. The lowest BCUT2D eigenvalue weighted by Crippen LogP contribution is -2.29. The SMILES string of the molecule is CN(c1ccc(C(=O)NC(CC=O)c2ccccc2)cc1NCCc1ccccc1)C1CC1.CNS(=O)(=O)c1ccccc1. The highest BCUT2D eigenvalue weighted by Crippen LogP contribution is 2.35. The van der Waals surface area contributed by atoms with Crippen LogP contribution in [-0.4, -0.2) is 47.3 Å². The summed E-state index contributed by atoms with van der Waals surface area (Å²) < 4.78 is 24.4. The lowest BCUT2D eigenvalue weighted by atomic mass is 10.0. The fourth-order valence-corrected chi connectivity index (χ4v) is 5.54. The van der Waals surface area contributed by atoms with E-state index in [1.165, 1.54) is 25.5 Å². The molecule has 1 saturated carbocycles. The first kappa shape index (κ1) is 32.4. The Balaban J connectivity index is 0.000000339. The summed E-state index contributed by atoms with van der Waals surface area (Å²) in [7, 11) is 0.259. The van der Waals surface area contributed by atoms with Crippen molar-refractivity contribution in [1.29, 1.82) is 0 Å². The summed E-state index contributed by atoms with van der Waals surface area (Å²) in [5.41, 5.74) is 4.84. The van der Waals surface area contributed by atoms with Crippen LogP contribution in [0.5, 0.6) is 0 Å². The van der Waals surface area contributed by atoms with Gasteiger partial charge >= 0.3 is 0 Å². The Morgan fingerprint density at radius 2 is 1.52 bits per heavy atom. The molecule has 5 rings (SSSR count). The Morgan fingerprint density at radius 1 is 0.909 bits per heavy atom. The van der Waals surface area contributed by atoms with Crippen LogP contribution in [0.2, 0.25) is 0 Å². The van der Waals surface area contributed by atoms with Gasteiger partial charge < -0.3 is 20.3 Å². The fourth-order valence-electron chi connectivity index (χ4n) is 4.79. The molecule has 3 N–H and O–H groups in total. The molecule has 1 atom stereocenters. The molecule has 4 aromatic carbocycles. The largest absolute Gasteiger partial charge is 0.383 e. The average molecular weight is 613 g/mol. The van der Waals surface area contributed by atoms with Gasteiger partial charge in [-0.2, -0.15) is 0 Å². The summed E-state index contributed by atoms with van der Waals surface area (Å²) in [4.78, 5) is 26.9. The summed E-state index contributed by atoms with van der Waals surface area (Å²) >= 11 is 0. The molecule has 230 valence electrons. The van der Waals surface area contributed by atoms with Crippen LogP contribution < -0.4 is 20.3 Å². The van der Waals surface area contributed by atoms with Gasteiger partial charge in [-0.15, -0.1) is 0 Å². The Morgan fingerprint density at radius 3 is 2.11 bits per heavy atom. The van der Waals surface area contributed by atoms with E-state index in [-0.39, 0.29) is 18.4 Å². The molecular formula is C35H40N4O4S. The molecule has 9 heteroatoms. The second-order valence-corrected chi connectivity index (χ2v) is 12.5. The number of nitrogens with one attached hydrogen (secondary N) is 3. The van der Waals surface area contributed by atoms with Crippen molar-refractivity contribution in [3.8, 4) is 0 Å². The standard InChI is InChI=1S/C28H31N3O2.C7H9NO2S/c1-31(24-13-14-24)27-15-12-23(20-26(27)29-18-16-21-8-4-2-5-9-21)28(33)30-25(17-19-32)22-10-6-3-7-11-22;1-8-11(9,10)7-5-3-2-4-6-7/h2-12,15,19-20,24-25,29H,13-14,16-18H2,1H3,(H,30,33);2-6,8H,1H3. The number of hydrogen-bond donors (Lipinski definition) is 3. The molecule has 0 heterocycles. The van der Waals surface area contributed by atoms with Gasteiger partial charge in [0.05, 0.1) is 22.3 Å². The number of anilines is 2. The molecule has 0 radical (unpaired) electrons. The van der Waals surface area contributed by atoms with Crippen LogP contribution in [0.1, 0.15) is 46.8 Å². The number of rotatable bonds is 13. The topological polar surface area (TPSA) is 108 Å².